The lowest BCUT2D eigenvalue weighted by molar-refractivity contribution is 0.183. The first-order chi connectivity index (χ1) is 9.17. The van der Waals surface area contributed by atoms with E-state index in [1.807, 2.05) is 29.7 Å². The summed E-state index contributed by atoms with van der Waals surface area (Å²) in [6.07, 6.45) is 0. The maximum atomic E-state index is 9.33. The van der Waals surface area contributed by atoms with E-state index in [2.05, 4.69) is 26.1 Å². The maximum absolute atomic E-state index is 9.33. The summed E-state index contributed by atoms with van der Waals surface area (Å²) >= 11 is 3.53. The minimum absolute atomic E-state index is 0.139. The van der Waals surface area contributed by atoms with Gasteiger partial charge in [-0.3, -0.25) is 0 Å². The number of halogens is 1. The average molecular weight is 326 g/mol. The van der Waals surface area contributed by atoms with Gasteiger partial charge in [-0.1, -0.05) is 27.6 Å². The van der Waals surface area contributed by atoms with Gasteiger partial charge in [0.2, 0.25) is 0 Å². The van der Waals surface area contributed by atoms with Gasteiger partial charge in [0, 0.05) is 23.7 Å². The van der Waals surface area contributed by atoms with Crippen LogP contribution in [0.2, 0.25) is 0 Å². The highest BCUT2D eigenvalue weighted by molar-refractivity contribution is 9.10. The van der Waals surface area contributed by atoms with Crippen LogP contribution in [0.5, 0.6) is 0 Å². The Kier molecular flexibility index (Phi) is 4.68. The fourth-order valence-corrected chi connectivity index (χ4v) is 2.30. The highest BCUT2D eigenvalue weighted by Gasteiger charge is 2.15. The first kappa shape index (κ1) is 14.2. The molecule has 0 atom stereocenters. The second-order valence-corrected chi connectivity index (χ2v) is 5.08. The zero-order chi connectivity index (χ0) is 13.8. The van der Waals surface area contributed by atoms with Crippen molar-refractivity contribution < 1.29 is 9.84 Å². The number of methoxy groups -OCH3 is 1. The molecule has 102 valence electrons. The van der Waals surface area contributed by atoms with Crippen LogP contribution in [-0.4, -0.2) is 33.6 Å². The fourth-order valence-electron chi connectivity index (χ4n) is 1.88. The van der Waals surface area contributed by atoms with E-state index in [0.29, 0.717) is 19.0 Å². The predicted molar refractivity (Wildman–Crippen MR) is 75.7 cm³/mol. The van der Waals surface area contributed by atoms with Crippen molar-refractivity contribution >= 4 is 15.9 Å². The molecule has 2 aromatic rings. The lowest BCUT2D eigenvalue weighted by atomic mass is 10.1. The highest BCUT2D eigenvalue weighted by Crippen LogP contribution is 2.28. The van der Waals surface area contributed by atoms with Gasteiger partial charge in [-0.2, -0.15) is 0 Å². The van der Waals surface area contributed by atoms with Gasteiger partial charge in [0.05, 0.1) is 6.61 Å². The van der Waals surface area contributed by atoms with E-state index in [1.54, 1.807) is 7.11 Å². The lowest BCUT2D eigenvalue weighted by Gasteiger charge is -2.10. The SMILES string of the molecule is COCCn1c(CO)nnc1-c1cc(C)ccc1Br. The molecule has 0 aliphatic carbocycles. The van der Waals surface area contributed by atoms with Crippen molar-refractivity contribution in [2.45, 2.75) is 20.1 Å². The molecule has 19 heavy (non-hydrogen) atoms. The summed E-state index contributed by atoms with van der Waals surface area (Å²) < 4.78 is 7.92. The Balaban J connectivity index is 2.49. The van der Waals surface area contributed by atoms with Crippen LogP contribution in [0.15, 0.2) is 22.7 Å². The Bertz CT molecular complexity index is 569. The molecule has 0 bridgehead atoms. The molecule has 1 heterocycles. The number of nitrogens with zero attached hydrogens (tertiary/aromatic N) is 3. The Hall–Kier alpha value is -1.24. The summed E-state index contributed by atoms with van der Waals surface area (Å²) in [6, 6.07) is 6.05. The largest absolute Gasteiger partial charge is 0.388 e. The number of aliphatic hydroxyl groups excluding tert-OH is 1. The van der Waals surface area contributed by atoms with E-state index < -0.39 is 0 Å². The van der Waals surface area contributed by atoms with Crippen molar-refractivity contribution in [3.63, 3.8) is 0 Å². The molecule has 0 unspecified atom stereocenters. The standard InChI is InChI=1S/C13H16BrN3O2/c1-9-3-4-11(14)10(7-9)13-16-15-12(8-18)17(13)5-6-19-2/h3-4,7,18H,5-6,8H2,1-2H3. The van der Waals surface area contributed by atoms with Crippen LogP contribution in [0, 0.1) is 6.92 Å². The molecule has 0 aliphatic rings. The quantitative estimate of drug-likeness (QED) is 0.915. The number of ether oxygens (including phenoxy) is 1. The van der Waals surface area contributed by atoms with Crippen molar-refractivity contribution in [3.8, 4) is 11.4 Å². The Morgan fingerprint density at radius 1 is 1.37 bits per heavy atom. The molecule has 0 aliphatic heterocycles. The maximum Gasteiger partial charge on any atom is 0.165 e. The van der Waals surface area contributed by atoms with E-state index in [0.717, 1.165) is 21.4 Å². The first-order valence-electron chi connectivity index (χ1n) is 5.95. The molecule has 2 rings (SSSR count). The van der Waals surface area contributed by atoms with Gasteiger partial charge >= 0.3 is 0 Å². The summed E-state index contributed by atoms with van der Waals surface area (Å²) in [5.74, 6) is 1.28. The van der Waals surface area contributed by atoms with E-state index >= 15 is 0 Å². The summed E-state index contributed by atoms with van der Waals surface area (Å²) in [5, 5.41) is 17.5. The Morgan fingerprint density at radius 2 is 2.16 bits per heavy atom. The van der Waals surface area contributed by atoms with Gasteiger partial charge in [0.15, 0.2) is 11.6 Å². The number of benzene rings is 1. The van der Waals surface area contributed by atoms with Gasteiger partial charge in [-0.15, -0.1) is 10.2 Å². The molecule has 0 amide bonds. The molecule has 6 heteroatoms. The molecule has 0 radical (unpaired) electrons. The van der Waals surface area contributed by atoms with Gasteiger partial charge in [0.25, 0.3) is 0 Å². The summed E-state index contributed by atoms with van der Waals surface area (Å²) in [7, 11) is 1.64. The topological polar surface area (TPSA) is 60.2 Å². The lowest BCUT2D eigenvalue weighted by Crippen LogP contribution is -2.10. The van der Waals surface area contributed by atoms with Crippen LogP contribution in [0.4, 0.5) is 0 Å². The zero-order valence-corrected chi connectivity index (χ0v) is 12.5. The van der Waals surface area contributed by atoms with Crippen molar-refractivity contribution in [2.75, 3.05) is 13.7 Å². The van der Waals surface area contributed by atoms with Crippen molar-refractivity contribution in [1.82, 2.24) is 14.8 Å². The fraction of sp³-hybridized carbons (Fsp3) is 0.385. The van der Waals surface area contributed by atoms with Crippen molar-refractivity contribution in [2.24, 2.45) is 0 Å². The van der Waals surface area contributed by atoms with Crippen LogP contribution < -0.4 is 0 Å². The van der Waals surface area contributed by atoms with Crippen LogP contribution >= 0.6 is 15.9 Å². The van der Waals surface area contributed by atoms with E-state index in [4.69, 9.17) is 4.74 Å². The molecule has 0 saturated heterocycles. The third-order valence-corrected chi connectivity index (χ3v) is 3.54. The molecule has 0 saturated carbocycles. The number of hydrogen-bond acceptors (Lipinski definition) is 4. The normalized spacial score (nSPS) is 10.9. The molecule has 0 fully saturated rings. The Morgan fingerprint density at radius 3 is 2.84 bits per heavy atom. The minimum Gasteiger partial charge on any atom is -0.388 e. The first-order valence-corrected chi connectivity index (χ1v) is 6.75. The van der Waals surface area contributed by atoms with E-state index in [9.17, 15) is 5.11 Å². The molecular weight excluding hydrogens is 310 g/mol. The van der Waals surface area contributed by atoms with Gasteiger partial charge < -0.3 is 14.4 Å². The highest BCUT2D eigenvalue weighted by atomic mass is 79.9. The zero-order valence-electron chi connectivity index (χ0n) is 10.9. The van der Waals surface area contributed by atoms with Crippen LogP contribution in [-0.2, 0) is 17.9 Å². The molecule has 1 N–H and O–H groups in total. The van der Waals surface area contributed by atoms with Crippen LogP contribution in [0.1, 0.15) is 11.4 Å². The number of rotatable bonds is 5. The van der Waals surface area contributed by atoms with Crippen molar-refractivity contribution in [3.05, 3.63) is 34.1 Å². The summed E-state index contributed by atoms with van der Waals surface area (Å²) in [5.41, 5.74) is 2.10. The monoisotopic (exact) mass is 325 g/mol. The molecule has 0 spiro atoms. The number of aliphatic hydroxyl groups is 1. The summed E-state index contributed by atoms with van der Waals surface area (Å²) in [4.78, 5) is 0. The van der Waals surface area contributed by atoms with Crippen LogP contribution in [0.3, 0.4) is 0 Å². The Labute approximate surface area is 120 Å². The smallest absolute Gasteiger partial charge is 0.165 e. The van der Waals surface area contributed by atoms with Gasteiger partial charge in [-0.25, -0.2) is 0 Å². The second-order valence-electron chi connectivity index (χ2n) is 4.23. The molecule has 1 aromatic carbocycles. The summed E-state index contributed by atoms with van der Waals surface area (Å²) in [6.45, 7) is 3.04. The van der Waals surface area contributed by atoms with Gasteiger partial charge in [0.1, 0.15) is 6.61 Å². The average Bonchev–Trinajstić information content (AvgIpc) is 2.81. The predicted octanol–water partition coefficient (Wildman–Crippen LogP) is 2.15. The van der Waals surface area contributed by atoms with Crippen molar-refractivity contribution in [1.29, 1.82) is 0 Å². The second kappa shape index (κ2) is 6.27. The molecular formula is C13H16BrN3O2. The van der Waals surface area contributed by atoms with E-state index in [-0.39, 0.29) is 6.61 Å². The van der Waals surface area contributed by atoms with E-state index in [1.165, 1.54) is 0 Å². The minimum atomic E-state index is -0.139. The molecule has 1 aromatic heterocycles. The third-order valence-electron chi connectivity index (χ3n) is 2.85. The molecule has 5 nitrogen and oxygen atoms in total. The number of aryl methyl sites for hydroxylation is 1. The van der Waals surface area contributed by atoms with Crippen LogP contribution in [0.25, 0.3) is 11.4 Å². The third kappa shape index (κ3) is 3.02. The number of aromatic nitrogens is 3. The van der Waals surface area contributed by atoms with Gasteiger partial charge in [-0.05, 0) is 19.1 Å². The number of hydrogen-bond donors (Lipinski definition) is 1.